The van der Waals surface area contributed by atoms with Crippen molar-refractivity contribution in [3.8, 4) is 0 Å². The Bertz CT molecular complexity index is 1020. The van der Waals surface area contributed by atoms with Crippen molar-refractivity contribution in [2.45, 2.75) is 39.5 Å². The summed E-state index contributed by atoms with van der Waals surface area (Å²) in [7, 11) is 0. The largest absolute Gasteiger partial charge is 0.478 e. The molecule has 0 aliphatic rings. The fourth-order valence-corrected chi connectivity index (χ4v) is 3.19. The molecule has 180 valence electrons. The van der Waals surface area contributed by atoms with Gasteiger partial charge in [-0.3, -0.25) is 4.79 Å². The molecule has 9 nitrogen and oxygen atoms in total. The highest BCUT2D eigenvalue weighted by Crippen LogP contribution is 2.25. The molecule has 9 heteroatoms. The van der Waals surface area contributed by atoms with Crippen LogP contribution in [-0.2, 0) is 9.47 Å². The number of carbonyl (C=O) groups is 5. The van der Waals surface area contributed by atoms with Crippen molar-refractivity contribution >= 4 is 29.7 Å². The number of rotatable bonds is 12. The molecular formula is C25H26O9. The zero-order chi connectivity index (χ0) is 25.3. The molecule has 0 aromatic heterocycles. The van der Waals surface area contributed by atoms with Crippen LogP contribution in [0.5, 0.6) is 0 Å². The van der Waals surface area contributed by atoms with Gasteiger partial charge in [-0.1, -0.05) is 51.0 Å². The van der Waals surface area contributed by atoms with Gasteiger partial charge in [-0.05, 0) is 25.0 Å². The van der Waals surface area contributed by atoms with Crippen molar-refractivity contribution in [1.82, 2.24) is 0 Å². The summed E-state index contributed by atoms with van der Waals surface area (Å²) in [6.45, 7) is 3.82. The number of unbranched alkanes of at least 4 members (excludes halogenated alkanes) is 2. The van der Waals surface area contributed by atoms with E-state index in [-0.39, 0.29) is 24.3 Å². The van der Waals surface area contributed by atoms with Gasteiger partial charge in [0.05, 0.1) is 35.5 Å². The maximum Gasteiger partial charge on any atom is 0.339 e. The molecule has 34 heavy (non-hydrogen) atoms. The lowest BCUT2D eigenvalue weighted by Gasteiger charge is -2.15. The maximum atomic E-state index is 13.5. The fourth-order valence-electron chi connectivity index (χ4n) is 3.19. The molecule has 0 heterocycles. The minimum Gasteiger partial charge on any atom is -0.478 e. The molecule has 0 aliphatic carbocycles. The lowest BCUT2D eigenvalue weighted by atomic mass is 9.90. The third-order valence-corrected chi connectivity index (χ3v) is 4.95. The molecule has 0 saturated heterocycles. The molecule has 0 atom stereocenters. The van der Waals surface area contributed by atoms with Crippen molar-refractivity contribution in [2.75, 3.05) is 13.2 Å². The zero-order valence-electron chi connectivity index (χ0n) is 19.0. The first kappa shape index (κ1) is 26.2. The first-order chi connectivity index (χ1) is 16.2. The number of carboxylic acids is 2. The highest BCUT2D eigenvalue weighted by atomic mass is 16.5. The Kier molecular flexibility index (Phi) is 9.49. The van der Waals surface area contributed by atoms with Crippen LogP contribution in [0.2, 0.25) is 0 Å². The SMILES string of the molecule is CCCCOC(=O)c1c(C(=O)O)cccc1C(=O)c1cccc(C(=O)O)c1C(=O)OCCCC. The number of benzene rings is 2. The van der Waals surface area contributed by atoms with Gasteiger partial charge in [-0.25, -0.2) is 19.2 Å². The summed E-state index contributed by atoms with van der Waals surface area (Å²) >= 11 is 0. The van der Waals surface area contributed by atoms with Gasteiger partial charge in [0.25, 0.3) is 0 Å². The summed E-state index contributed by atoms with van der Waals surface area (Å²) in [4.78, 5) is 62.5. The summed E-state index contributed by atoms with van der Waals surface area (Å²) in [5.41, 5.74) is -2.50. The minimum absolute atomic E-state index is 0.0282. The van der Waals surface area contributed by atoms with Crippen LogP contribution in [0, 0.1) is 0 Å². The van der Waals surface area contributed by atoms with Gasteiger partial charge in [0, 0.05) is 11.1 Å². The number of hydrogen-bond acceptors (Lipinski definition) is 7. The topological polar surface area (TPSA) is 144 Å². The van der Waals surface area contributed by atoms with E-state index in [4.69, 9.17) is 9.47 Å². The van der Waals surface area contributed by atoms with E-state index < -0.39 is 51.9 Å². The molecule has 2 aromatic rings. The fraction of sp³-hybridized carbons (Fsp3) is 0.320. The number of ketones is 1. The van der Waals surface area contributed by atoms with Crippen LogP contribution in [0.1, 0.15) is 96.9 Å². The van der Waals surface area contributed by atoms with E-state index in [1.807, 2.05) is 13.8 Å². The van der Waals surface area contributed by atoms with Gasteiger partial charge in [0.2, 0.25) is 0 Å². The van der Waals surface area contributed by atoms with E-state index in [2.05, 4.69) is 0 Å². The van der Waals surface area contributed by atoms with Crippen LogP contribution in [0.4, 0.5) is 0 Å². The molecule has 0 amide bonds. The van der Waals surface area contributed by atoms with Gasteiger partial charge < -0.3 is 19.7 Å². The number of esters is 2. The highest BCUT2D eigenvalue weighted by Gasteiger charge is 2.30. The third kappa shape index (κ3) is 6.06. The molecule has 2 rings (SSSR count). The van der Waals surface area contributed by atoms with Crippen molar-refractivity contribution in [1.29, 1.82) is 0 Å². The van der Waals surface area contributed by atoms with Crippen molar-refractivity contribution in [2.24, 2.45) is 0 Å². The van der Waals surface area contributed by atoms with Gasteiger partial charge in [0.1, 0.15) is 0 Å². The van der Waals surface area contributed by atoms with Gasteiger partial charge in [0.15, 0.2) is 5.78 Å². The summed E-state index contributed by atoms with van der Waals surface area (Å²) < 4.78 is 10.3. The maximum absolute atomic E-state index is 13.5. The lowest BCUT2D eigenvalue weighted by molar-refractivity contribution is 0.0484. The Morgan fingerprint density at radius 2 is 1.00 bits per heavy atom. The van der Waals surface area contributed by atoms with Crippen LogP contribution in [0.3, 0.4) is 0 Å². The zero-order valence-corrected chi connectivity index (χ0v) is 19.0. The quantitative estimate of drug-likeness (QED) is 0.264. The van der Waals surface area contributed by atoms with E-state index in [0.29, 0.717) is 12.8 Å². The van der Waals surface area contributed by atoms with Crippen molar-refractivity contribution in [3.05, 3.63) is 69.8 Å². The predicted octanol–water partition coefficient (Wildman–Crippen LogP) is 4.23. The van der Waals surface area contributed by atoms with Crippen LogP contribution < -0.4 is 0 Å². The molecule has 0 aliphatic heterocycles. The molecule has 2 aromatic carbocycles. The minimum atomic E-state index is -1.45. The molecular weight excluding hydrogens is 444 g/mol. The van der Waals surface area contributed by atoms with Gasteiger partial charge in [-0.2, -0.15) is 0 Å². The number of hydrogen-bond donors (Lipinski definition) is 2. The van der Waals surface area contributed by atoms with Crippen molar-refractivity contribution in [3.63, 3.8) is 0 Å². The summed E-state index contributed by atoms with van der Waals surface area (Å²) in [5, 5.41) is 19.1. The third-order valence-electron chi connectivity index (χ3n) is 4.95. The average molecular weight is 470 g/mol. The second-order valence-electron chi connectivity index (χ2n) is 7.37. The number of aromatic carboxylic acids is 2. The molecule has 2 N–H and O–H groups in total. The lowest BCUT2D eigenvalue weighted by Crippen LogP contribution is -2.21. The Balaban J connectivity index is 2.65. The molecule has 0 radical (unpaired) electrons. The first-order valence-corrected chi connectivity index (χ1v) is 10.9. The normalized spacial score (nSPS) is 10.4. The average Bonchev–Trinajstić information content (AvgIpc) is 2.82. The van der Waals surface area contributed by atoms with Crippen LogP contribution in [0.15, 0.2) is 36.4 Å². The van der Waals surface area contributed by atoms with E-state index in [1.165, 1.54) is 24.3 Å². The second kappa shape index (κ2) is 12.3. The number of carboxylic acid groups (broad SMARTS) is 2. The van der Waals surface area contributed by atoms with Crippen LogP contribution >= 0.6 is 0 Å². The van der Waals surface area contributed by atoms with E-state index in [1.54, 1.807) is 0 Å². The molecule has 0 bridgehead atoms. The number of ether oxygens (including phenoxy) is 2. The van der Waals surface area contributed by atoms with E-state index in [9.17, 15) is 34.2 Å². The molecule has 0 unspecified atom stereocenters. The van der Waals surface area contributed by atoms with E-state index in [0.717, 1.165) is 25.0 Å². The Labute approximate surface area is 196 Å². The Hall–Kier alpha value is -4.01. The monoisotopic (exact) mass is 470 g/mol. The summed E-state index contributed by atoms with van der Waals surface area (Å²) in [5.74, 6) is -5.81. The van der Waals surface area contributed by atoms with Crippen LogP contribution in [-0.4, -0.2) is 53.1 Å². The predicted molar refractivity (Wildman–Crippen MR) is 121 cm³/mol. The molecule has 0 saturated carbocycles. The highest BCUT2D eigenvalue weighted by molar-refractivity contribution is 6.21. The number of carbonyl (C=O) groups excluding carboxylic acids is 3. The van der Waals surface area contributed by atoms with Crippen LogP contribution in [0.25, 0.3) is 0 Å². The van der Waals surface area contributed by atoms with Crippen molar-refractivity contribution < 1.29 is 43.7 Å². The summed E-state index contributed by atoms with van der Waals surface area (Å²) in [6, 6.07) is 7.32. The Morgan fingerprint density at radius 3 is 1.32 bits per heavy atom. The smallest absolute Gasteiger partial charge is 0.339 e. The summed E-state index contributed by atoms with van der Waals surface area (Å²) in [6.07, 6.45) is 2.54. The van der Waals surface area contributed by atoms with E-state index >= 15 is 0 Å². The standard InChI is InChI=1S/C25H26O9/c1-3-5-13-33-24(31)19-15(9-7-11-17(19)22(27)28)21(26)16-10-8-12-18(23(29)30)20(16)25(32)34-14-6-4-2/h7-12H,3-6,13-14H2,1-2H3,(H,27,28)(H,29,30). The van der Waals surface area contributed by atoms with Gasteiger partial charge >= 0.3 is 23.9 Å². The molecule has 0 fully saturated rings. The Morgan fingerprint density at radius 1 is 0.647 bits per heavy atom. The first-order valence-electron chi connectivity index (χ1n) is 10.9. The second-order valence-corrected chi connectivity index (χ2v) is 7.37. The van der Waals surface area contributed by atoms with Gasteiger partial charge in [-0.15, -0.1) is 0 Å². The molecule has 0 spiro atoms.